The van der Waals surface area contributed by atoms with Crippen molar-refractivity contribution in [3.05, 3.63) is 29.8 Å². The fraction of sp³-hybridized carbons (Fsp3) is 0.500. The van der Waals surface area contributed by atoms with Gasteiger partial charge in [-0.15, -0.1) is 0 Å². The van der Waals surface area contributed by atoms with Crippen molar-refractivity contribution < 1.29 is 9.47 Å². The minimum absolute atomic E-state index is 0.609. The van der Waals surface area contributed by atoms with Gasteiger partial charge in [0.25, 0.3) is 0 Å². The molecule has 1 fully saturated rings. The predicted molar refractivity (Wildman–Crippen MR) is 75.6 cm³/mol. The normalized spacial score (nSPS) is 16.5. The highest BCUT2D eigenvalue weighted by molar-refractivity contribution is 5.78. The summed E-state index contributed by atoms with van der Waals surface area (Å²) in [5.74, 6) is 1.51. The van der Waals surface area contributed by atoms with Crippen molar-refractivity contribution >= 4 is 5.96 Å². The van der Waals surface area contributed by atoms with Gasteiger partial charge >= 0.3 is 0 Å². The zero-order valence-electron chi connectivity index (χ0n) is 11.3. The van der Waals surface area contributed by atoms with Crippen molar-refractivity contribution in [3.8, 4) is 5.75 Å². The van der Waals surface area contributed by atoms with Crippen LogP contribution in [-0.4, -0.2) is 50.8 Å². The Labute approximate surface area is 114 Å². The average Bonchev–Trinajstić information content (AvgIpc) is 2.48. The number of guanidine groups is 1. The molecule has 0 unspecified atom stereocenters. The molecule has 0 spiro atoms. The summed E-state index contributed by atoms with van der Waals surface area (Å²) < 4.78 is 10.6. The molecule has 104 valence electrons. The zero-order chi connectivity index (χ0) is 13.5. The van der Waals surface area contributed by atoms with Crippen LogP contribution in [0.15, 0.2) is 29.3 Å². The molecule has 2 rings (SSSR count). The number of aliphatic imine (C=N–C) groups is 1. The number of ether oxygens (including phenoxy) is 2. The number of para-hydroxylation sites is 1. The lowest BCUT2D eigenvalue weighted by molar-refractivity contribution is 0.0674. The molecule has 1 aromatic rings. The van der Waals surface area contributed by atoms with Crippen LogP contribution in [0.4, 0.5) is 0 Å². The van der Waals surface area contributed by atoms with E-state index >= 15 is 0 Å². The van der Waals surface area contributed by atoms with Crippen LogP contribution in [0.1, 0.15) is 5.56 Å². The van der Waals surface area contributed by atoms with Gasteiger partial charge in [0.05, 0.1) is 20.3 Å². The van der Waals surface area contributed by atoms with Crippen LogP contribution in [0.2, 0.25) is 0 Å². The molecule has 1 heterocycles. The van der Waals surface area contributed by atoms with E-state index in [2.05, 4.69) is 16.0 Å². The Bertz CT molecular complexity index is 428. The van der Waals surface area contributed by atoms with Gasteiger partial charge < -0.3 is 20.1 Å². The topological polar surface area (TPSA) is 60.1 Å². The van der Waals surface area contributed by atoms with Gasteiger partial charge in [-0.05, 0) is 18.1 Å². The molecule has 2 N–H and O–H groups in total. The number of methoxy groups -OCH3 is 1. The Kier molecular flexibility index (Phi) is 5.03. The summed E-state index contributed by atoms with van der Waals surface area (Å²) in [5, 5.41) is 0. The smallest absolute Gasteiger partial charge is 0.191 e. The standard InChI is InChI=1S/C14H21N3O2/c1-18-13-5-3-2-4-12(13)6-7-16-14(15)17-8-10-19-11-9-17/h2-5H,6-11H2,1H3,(H2,15,16). The molecule has 19 heavy (non-hydrogen) atoms. The summed E-state index contributed by atoms with van der Waals surface area (Å²) in [6.45, 7) is 3.77. The van der Waals surface area contributed by atoms with Crippen molar-refractivity contribution in [2.45, 2.75) is 6.42 Å². The van der Waals surface area contributed by atoms with Crippen LogP contribution in [0.5, 0.6) is 5.75 Å². The van der Waals surface area contributed by atoms with E-state index in [9.17, 15) is 0 Å². The first-order valence-corrected chi connectivity index (χ1v) is 6.56. The molecule has 0 atom stereocenters. The highest BCUT2D eigenvalue weighted by Crippen LogP contribution is 2.17. The molecule has 0 aromatic heterocycles. The Balaban J connectivity index is 1.87. The van der Waals surface area contributed by atoms with Gasteiger partial charge in [0, 0.05) is 19.6 Å². The van der Waals surface area contributed by atoms with Crippen molar-refractivity contribution in [2.24, 2.45) is 10.7 Å². The molecule has 0 bridgehead atoms. The number of morpholine rings is 1. The molecular formula is C14H21N3O2. The SMILES string of the molecule is COc1ccccc1CCN=C(N)N1CCOCC1. The van der Waals surface area contributed by atoms with Crippen LogP contribution in [0.25, 0.3) is 0 Å². The maximum Gasteiger partial charge on any atom is 0.191 e. The van der Waals surface area contributed by atoms with Crippen molar-refractivity contribution in [3.63, 3.8) is 0 Å². The summed E-state index contributed by atoms with van der Waals surface area (Å²) in [6, 6.07) is 7.99. The Hall–Kier alpha value is -1.75. The maximum absolute atomic E-state index is 5.97. The quantitative estimate of drug-likeness (QED) is 0.647. The first kappa shape index (κ1) is 13.7. The summed E-state index contributed by atoms with van der Waals surface area (Å²) in [4.78, 5) is 6.49. The van der Waals surface area contributed by atoms with Crippen molar-refractivity contribution in [1.82, 2.24) is 4.90 Å². The van der Waals surface area contributed by atoms with E-state index < -0.39 is 0 Å². The summed E-state index contributed by atoms with van der Waals surface area (Å²) in [6.07, 6.45) is 0.828. The molecule has 0 aliphatic carbocycles. The number of benzene rings is 1. The third kappa shape index (κ3) is 3.86. The third-order valence-electron chi connectivity index (χ3n) is 3.18. The molecule has 1 saturated heterocycles. The first-order valence-electron chi connectivity index (χ1n) is 6.56. The molecule has 0 amide bonds. The third-order valence-corrected chi connectivity index (χ3v) is 3.18. The molecule has 1 aliphatic rings. The number of hydrogen-bond acceptors (Lipinski definition) is 3. The minimum atomic E-state index is 0.609. The van der Waals surface area contributed by atoms with E-state index in [-0.39, 0.29) is 0 Å². The molecule has 1 aliphatic heterocycles. The van der Waals surface area contributed by atoms with Gasteiger partial charge in [0.2, 0.25) is 0 Å². The molecule has 1 aromatic carbocycles. The highest BCUT2D eigenvalue weighted by Gasteiger charge is 2.11. The molecule has 0 radical (unpaired) electrons. The second-order valence-electron chi connectivity index (χ2n) is 4.40. The summed E-state index contributed by atoms with van der Waals surface area (Å²) in [5.41, 5.74) is 7.13. The van der Waals surface area contributed by atoms with E-state index in [1.165, 1.54) is 0 Å². The number of rotatable bonds is 4. The minimum Gasteiger partial charge on any atom is -0.496 e. The van der Waals surface area contributed by atoms with Gasteiger partial charge in [-0.25, -0.2) is 0 Å². The largest absolute Gasteiger partial charge is 0.496 e. The van der Waals surface area contributed by atoms with Crippen LogP contribution in [0.3, 0.4) is 0 Å². The fourth-order valence-corrected chi connectivity index (χ4v) is 2.09. The molecular weight excluding hydrogens is 242 g/mol. The van der Waals surface area contributed by atoms with E-state index in [1.54, 1.807) is 7.11 Å². The molecule has 5 heteroatoms. The van der Waals surface area contributed by atoms with Gasteiger partial charge in [0.15, 0.2) is 5.96 Å². The van der Waals surface area contributed by atoms with Crippen molar-refractivity contribution in [1.29, 1.82) is 0 Å². The van der Waals surface area contributed by atoms with Gasteiger partial charge in [0.1, 0.15) is 5.75 Å². The first-order chi connectivity index (χ1) is 9.31. The predicted octanol–water partition coefficient (Wildman–Crippen LogP) is 0.885. The monoisotopic (exact) mass is 263 g/mol. The van der Waals surface area contributed by atoms with Crippen molar-refractivity contribution in [2.75, 3.05) is 40.0 Å². The highest BCUT2D eigenvalue weighted by atomic mass is 16.5. The maximum atomic E-state index is 5.97. The lowest BCUT2D eigenvalue weighted by Gasteiger charge is -2.27. The van der Waals surface area contributed by atoms with Gasteiger partial charge in [-0.2, -0.15) is 0 Å². The van der Waals surface area contributed by atoms with Crippen LogP contribution < -0.4 is 10.5 Å². The number of hydrogen-bond donors (Lipinski definition) is 1. The second-order valence-corrected chi connectivity index (χ2v) is 4.40. The lowest BCUT2D eigenvalue weighted by Crippen LogP contribution is -2.44. The average molecular weight is 263 g/mol. The van der Waals surface area contributed by atoms with E-state index in [0.717, 1.165) is 44.0 Å². The van der Waals surface area contributed by atoms with Crippen LogP contribution in [0, 0.1) is 0 Å². The fourth-order valence-electron chi connectivity index (χ4n) is 2.09. The Morgan fingerprint density at radius 2 is 2.11 bits per heavy atom. The van der Waals surface area contributed by atoms with E-state index in [4.69, 9.17) is 15.2 Å². The van der Waals surface area contributed by atoms with E-state index in [1.807, 2.05) is 18.2 Å². The number of nitrogens with zero attached hydrogens (tertiary/aromatic N) is 2. The molecule has 0 saturated carbocycles. The van der Waals surface area contributed by atoms with Crippen LogP contribution >= 0.6 is 0 Å². The van der Waals surface area contributed by atoms with Crippen LogP contribution in [-0.2, 0) is 11.2 Å². The Morgan fingerprint density at radius 1 is 1.37 bits per heavy atom. The van der Waals surface area contributed by atoms with Gasteiger partial charge in [-0.3, -0.25) is 4.99 Å². The zero-order valence-corrected chi connectivity index (χ0v) is 11.3. The Morgan fingerprint density at radius 3 is 2.84 bits per heavy atom. The second kappa shape index (κ2) is 6.99. The lowest BCUT2D eigenvalue weighted by atomic mass is 10.1. The number of nitrogens with two attached hydrogens (primary N) is 1. The molecule has 5 nitrogen and oxygen atoms in total. The van der Waals surface area contributed by atoms with Gasteiger partial charge in [-0.1, -0.05) is 18.2 Å². The summed E-state index contributed by atoms with van der Waals surface area (Å²) >= 11 is 0. The summed E-state index contributed by atoms with van der Waals surface area (Å²) in [7, 11) is 1.68. The van der Waals surface area contributed by atoms with E-state index in [0.29, 0.717) is 12.5 Å².